The highest BCUT2D eigenvalue weighted by atomic mass is 19.1. The summed E-state index contributed by atoms with van der Waals surface area (Å²) in [6.45, 7) is 5.61. The molecular weight excluding hydrogens is 319 g/mol. The largest absolute Gasteiger partial charge is 0.356 e. The molecule has 0 bridgehead atoms. The van der Waals surface area contributed by atoms with Gasteiger partial charge >= 0.3 is 0 Å². The highest BCUT2D eigenvalue weighted by molar-refractivity contribution is 5.52. The summed E-state index contributed by atoms with van der Waals surface area (Å²) < 4.78 is 15.9. The van der Waals surface area contributed by atoms with Gasteiger partial charge in [0.25, 0.3) is 0 Å². The van der Waals surface area contributed by atoms with Crippen LogP contribution in [-0.4, -0.2) is 45.8 Å². The molecule has 5 rings (SSSR count). The smallest absolute Gasteiger partial charge is 0.165 e. The first-order chi connectivity index (χ1) is 12.2. The molecule has 5 heterocycles. The zero-order valence-corrected chi connectivity index (χ0v) is 14.0. The molecule has 128 valence electrons. The highest BCUT2D eigenvalue weighted by Gasteiger charge is 2.41. The Kier molecular flexibility index (Phi) is 3.16. The maximum absolute atomic E-state index is 14.0. The summed E-state index contributed by atoms with van der Waals surface area (Å²) in [4.78, 5) is 13.2. The molecule has 3 aromatic heterocycles. The van der Waals surface area contributed by atoms with Gasteiger partial charge in [0.15, 0.2) is 17.3 Å². The Hall–Kier alpha value is -2.70. The Morgan fingerprint density at radius 2 is 1.80 bits per heavy atom. The number of pyridine rings is 1. The van der Waals surface area contributed by atoms with E-state index in [1.165, 1.54) is 6.07 Å². The highest BCUT2D eigenvalue weighted by Crippen LogP contribution is 2.36. The summed E-state index contributed by atoms with van der Waals surface area (Å²) in [5.74, 6) is 2.37. The minimum Gasteiger partial charge on any atom is -0.356 e. The molecule has 0 aromatic carbocycles. The third-order valence-corrected chi connectivity index (χ3v) is 5.32. The molecule has 0 radical (unpaired) electrons. The molecule has 25 heavy (non-hydrogen) atoms. The average Bonchev–Trinajstić information content (AvgIpc) is 3.27. The van der Waals surface area contributed by atoms with E-state index in [1.807, 2.05) is 17.5 Å². The lowest BCUT2D eigenvalue weighted by molar-refractivity contribution is 0.533. The Bertz CT molecular complexity index is 924. The molecule has 2 aliphatic rings. The standard InChI is InChI=1S/C18H19FN6/c1-12-7-17(25-16(22-12)4-6-21-25)23-8-13-10-24(11-14(13)9-23)18-15(19)3-2-5-20-18/h2-7,13-14H,8-11H2,1H3. The summed E-state index contributed by atoms with van der Waals surface area (Å²) in [7, 11) is 0. The molecule has 7 heteroatoms. The van der Waals surface area contributed by atoms with Crippen LogP contribution in [0.1, 0.15) is 5.69 Å². The van der Waals surface area contributed by atoms with Crippen molar-refractivity contribution in [1.82, 2.24) is 19.6 Å². The van der Waals surface area contributed by atoms with E-state index in [9.17, 15) is 4.39 Å². The molecule has 2 aliphatic heterocycles. The molecule has 2 saturated heterocycles. The van der Waals surface area contributed by atoms with Crippen molar-refractivity contribution < 1.29 is 4.39 Å². The second kappa shape index (κ2) is 5.40. The van der Waals surface area contributed by atoms with Gasteiger partial charge in [0.1, 0.15) is 5.82 Å². The third kappa shape index (κ3) is 2.33. The molecule has 0 amide bonds. The minimum atomic E-state index is -0.234. The number of fused-ring (bicyclic) bond motifs is 2. The van der Waals surface area contributed by atoms with Gasteiger partial charge in [-0.2, -0.15) is 9.61 Å². The predicted molar refractivity (Wildman–Crippen MR) is 93.3 cm³/mol. The van der Waals surface area contributed by atoms with E-state index in [0.717, 1.165) is 43.3 Å². The van der Waals surface area contributed by atoms with Crippen molar-refractivity contribution in [3.05, 3.63) is 48.2 Å². The molecule has 0 saturated carbocycles. The number of nitrogens with zero attached hydrogens (tertiary/aromatic N) is 6. The van der Waals surface area contributed by atoms with Gasteiger partial charge < -0.3 is 9.80 Å². The van der Waals surface area contributed by atoms with Crippen LogP contribution < -0.4 is 9.80 Å². The molecule has 2 unspecified atom stereocenters. The first kappa shape index (κ1) is 14.6. The first-order valence-corrected chi connectivity index (χ1v) is 8.61. The lowest BCUT2D eigenvalue weighted by Crippen LogP contribution is -2.30. The summed E-state index contributed by atoms with van der Waals surface area (Å²) in [6, 6.07) is 7.14. The van der Waals surface area contributed by atoms with Crippen LogP contribution in [0.15, 0.2) is 36.7 Å². The van der Waals surface area contributed by atoms with Crippen molar-refractivity contribution >= 4 is 17.3 Å². The van der Waals surface area contributed by atoms with Gasteiger partial charge in [0.2, 0.25) is 0 Å². The summed E-state index contributed by atoms with van der Waals surface area (Å²) in [5.41, 5.74) is 1.88. The van der Waals surface area contributed by atoms with Crippen molar-refractivity contribution in [1.29, 1.82) is 0 Å². The summed E-state index contributed by atoms with van der Waals surface area (Å²) in [5, 5.41) is 4.41. The van der Waals surface area contributed by atoms with Crippen LogP contribution in [0.5, 0.6) is 0 Å². The van der Waals surface area contributed by atoms with Crippen LogP contribution in [0.3, 0.4) is 0 Å². The van der Waals surface area contributed by atoms with E-state index in [-0.39, 0.29) is 5.82 Å². The molecule has 0 N–H and O–H groups in total. The van der Waals surface area contributed by atoms with E-state index in [0.29, 0.717) is 17.7 Å². The fourth-order valence-corrected chi connectivity index (χ4v) is 4.21. The normalized spacial score (nSPS) is 22.8. The average molecular weight is 338 g/mol. The van der Waals surface area contributed by atoms with Gasteiger partial charge in [0.05, 0.1) is 6.20 Å². The second-order valence-electron chi connectivity index (χ2n) is 7.00. The van der Waals surface area contributed by atoms with Crippen LogP contribution in [0.2, 0.25) is 0 Å². The van der Waals surface area contributed by atoms with Gasteiger partial charge in [-0.3, -0.25) is 0 Å². The van der Waals surface area contributed by atoms with Crippen LogP contribution in [0.25, 0.3) is 5.65 Å². The Morgan fingerprint density at radius 1 is 1.04 bits per heavy atom. The number of aromatic nitrogens is 4. The predicted octanol–water partition coefficient (Wildman–Crippen LogP) is 2.14. The van der Waals surface area contributed by atoms with Crippen molar-refractivity contribution in [2.75, 3.05) is 36.0 Å². The van der Waals surface area contributed by atoms with Gasteiger partial charge in [-0.25, -0.2) is 14.4 Å². The van der Waals surface area contributed by atoms with Gasteiger partial charge in [0, 0.05) is 62.0 Å². The van der Waals surface area contributed by atoms with E-state index in [2.05, 4.69) is 30.9 Å². The molecule has 0 aliphatic carbocycles. The number of rotatable bonds is 2. The minimum absolute atomic E-state index is 0.234. The summed E-state index contributed by atoms with van der Waals surface area (Å²) >= 11 is 0. The van der Waals surface area contributed by atoms with Crippen molar-refractivity contribution in [2.24, 2.45) is 11.8 Å². The molecule has 3 aromatic rings. The zero-order chi connectivity index (χ0) is 17.0. The van der Waals surface area contributed by atoms with Crippen LogP contribution in [0.4, 0.5) is 16.0 Å². The van der Waals surface area contributed by atoms with Gasteiger partial charge in [-0.15, -0.1) is 0 Å². The maximum atomic E-state index is 14.0. The first-order valence-electron chi connectivity index (χ1n) is 8.61. The number of hydrogen-bond donors (Lipinski definition) is 0. The van der Waals surface area contributed by atoms with Crippen LogP contribution in [-0.2, 0) is 0 Å². The van der Waals surface area contributed by atoms with E-state index >= 15 is 0 Å². The molecule has 2 fully saturated rings. The van der Waals surface area contributed by atoms with Crippen LogP contribution in [0, 0.1) is 24.6 Å². The lowest BCUT2D eigenvalue weighted by atomic mass is 10.0. The van der Waals surface area contributed by atoms with Crippen LogP contribution >= 0.6 is 0 Å². The Morgan fingerprint density at radius 3 is 2.56 bits per heavy atom. The fourth-order valence-electron chi connectivity index (χ4n) is 4.21. The lowest BCUT2D eigenvalue weighted by Gasteiger charge is -2.24. The van der Waals surface area contributed by atoms with Gasteiger partial charge in [-0.1, -0.05) is 0 Å². The number of anilines is 2. The fraction of sp³-hybridized carbons (Fsp3) is 0.389. The molecular formula is C18H19FN6. The number of hydrogen-bond acceptors (Lipinski definition) is 5. The Labute approximate surface area is 144 Å². The monoisotopic (exact) mass is 338 g/mol. The van der Waals surface area contributed by atoms with Crippen molar-refractivity contribution in [3.8, 4) is 0 Å². The summed E-state index contributed by atoms with van der Waals surface area (Å²) in [6.07, 6.45) is 3.45. The molecule has 2 atom stereocenters. The van der Waals surface area contributed by atoms with Crippen molar-refractivity contribution in [3.63, 3.8) is 0 Å². The quantitative estimate of drug-likeness (QED) is 0.717. The van der Waals surface area contributed by atoms with E-state index in [4.69, 9.17) is 0 Å². The topological polar surface area (TPSA) is 49.6 Å². The second-order valence-corrected chi connectivity index (χ2v) is 7.00. The number of halogens is 1. The number of aryl methyl sites for hydroxylation is 1. The van der Waals surface area contributed by atoms with Gasteiger partial charge in [-0.05, 0) is 19.1 Å². The molecule has 0 spiro atoms. The molecule has 6 nitrogen and oxygen atoms in total. The zero-order valence-electron chi connectivity index (χ0n) is 14.0. The SMILES string of the molecule is Cc1cc(N2CC3CN(c4ncccc4F)CC3C2)n2nccc2n1. The Balaban J connectivity index is 1.39. The van der Waals surface area contributed by atoms with Crippen molar-refractivity contribution in [2.45, 2.75) is 6.92 Å². The van der Waals surface area contributed by atoms with E-state index in [1.54, 1.807) is 18.5 Å². The maximum Gasteiger partial charge on any atom is 0.165 e. The van der Waals surface area contributed by atoms with E-state index < -0.39 is 0 Å². The third-order valence-electron chi connectivity index (χ3n) is 5.32.